The van der Waals surface area contributed by atoms with Crippen LogP contribution in [-0.4, -0.2) is 55.0 Å². The van der Waals surface area contributed by atoms with Gasteiger partial charge in [0.05, 0.1) is 29.4 Å². The molecule has 0 unspecified atom stereocenters. The van der Waals surface area contributed by atoms with Crippen LogP contribution in [0.3, 0.4) is 0 Å². The summed E-state index contributed by atoms with van der Waals surface area (Å²) in [7, 11) is 0. The number of nitrogens with zero attached hydrogens (tertiary/aromatic N) is 1. The predicted octanol–water partition coefficient (Wildman–Crippen LogP) is 2.86. The number of thiophene rings is 1. The van der Waals surface area contributed by atoms with Gasteiger partial charge in [-0.2, -0.15) is 0 Å². The molecule has 9 nitrogen and oxygen atoms in total. The van der Waals surface area contributed by atoms with E-state index in [-0.39, 0.29) is 19.1 Å². The fourth-order valence-corrected chi connectivity index (χ4v) is 4.28. The van der Waals surface area contributed by atoms with Crippen molar-refractivity contribution in [3.8, 4) is 0 Å². The van der Waals surface area contributed by atoms with Gasteiger partial charge in [-0.1, -0.05) is 0 Å². The Labute approximate surface area is 183 Å². The Morgan fingerprint density at radius 3 is 2.81 bits per heavy atom. The molecule has 0 radical (unpaired) electrons. The van der Waals surface area contributed by atoms with E-state index >= 15 is 0 Å². The first kappa shape index (κ1) is 22.5. The van der Waals surface area contributed by atoms with Crippen molar-refractivity contribution in [2.45, 2.75) is 26.7 Å². The molecule has 1 N–H and O–H groups in total. The molecule has 3 rings (SSSR count). The summed E-state index contributed by atoms with van der Waals surface area (Å²) < 4.78 is 15.1. The Bertz CT molecular complexity index is 951. The number of aryl methyl sites for hydroxylation is 1. The summed E-state index contributed by atoms with van der Waals surface area (Å²) in [5, 5.41) is 3.09. The van der Waals surface area contributed by atoms with E-state index in [1.165, 1.54) is 12.5 Å². The summed E-state index contributed by atoms with van der Waals surface area (Å²) in [5.74, 6) is -2.16. The number of carbonyl (C=O) groups is 4. The van der Waals surface area contributed by atoms with Crippen molar-refractivity contribution in [1.82, 2.24) is 4.90 Å². The van der Waals surface area contributed by atoms with Crippen LogP contribution in [0, 0.1) is 12.8 Å². The number of hydrogen-bond acceptors (Lipinski definition) is 8. The zero-order valence-electron chi connectivity index (χ0n) is 17.3. The van der Waals surface area contributed by atoms with Crippen LogP contribution in [0.25, 0.3) is 0 Å². The maximum atomic E-state index is 12.4. The zero-order valence-corrected chi connectivity index (χ0v) is 18.2. The molecule has 2 amide bonds. The van der Waals surface area contributed by atoms with E-state index in [9.17, 15) is 19.2 Å². The van der Waals surface area contributed by atoms with E-state index in [4.69, 9.17) is 13.9 Å². The molecule has 1 aliphatic heterocycles. The number of esters is 2. The molecule has 1 atom stereocenters. The maximum absolute atomic E-state index is 12.4. The molecule has 10 heteroatoms. The molecule has 2 aromatic heterocycles. The van der Waals surface area contributed by atoms with E-state index in [2.05, 4.69) is 5.32 Å². The fourth-order valence-electron chi connectivity index (χ4n) is 3.29. The van der Waals surface area contributed by atoms with E-state index in [0.717, 1.165) is 11.3 Å². The lowest BCUT2D eigenvalue weighted by Gasteiger charge is -2.31. The summed E-state index contributed by atoms with van der Waals surface area (Å²) in [6.45, 7) is 4.07. The Balaban J connectivity index is 1.49. The summed E-state index contributed by atoms with van der Waals surface area (Å²) >= 11 is 1.10. The van der Waals surface area contributed by atoms with Crippen LogP contribution in [0.2, 0.25) is 0 Å². The third-order valence-corrected chi connectivity index (χ3v) is 5.93. The SMILES string of the molecule is CCOC(=O)c1sc(NC(=O)COC(=O)[C@@H]2CCCN(C(=O)c3ccoc3)C2)cc1C. The number of ether oxygens (including phenoxy) is 2. The van der Waals surface area contributed by atoms with E-state index in [1.54, 1.807) is 30.9 Å². The number of hydrogen-bond donors (Lipinski definition) is 1. The second-order valence-electron chi connectivity index (χ2n) is 7.10. The zero-order chi connectivity index (χ0) is 22.4. The van der Waals surface area contributed by atoms with Crippen molar-refractivity contribution in [1.29, 1.82) is 0 Å². The summed E-state index contributed by atoms with van der Waals surface area (Å²) in [5.41, 5.74) is 1.13. The van der Waals surface area contributed by atoms with Crippen molar-refractivity contribution in [2.24, 2.45) is 5.92 Å². The van der Waals surface area contributed by atoms with Gasteiger partial charge in [0.25, 0.3) is 11.8 Å². The topological polar surface area (TPSA) is 115 Å². The lowest BCUT2D eigenvalue weighted by molar-refractivity contribution is -0.152. The standard InChI is InChI=1S/C21H24N2O7S/c1-3-29-21(27)18-13(2)9-17(31-18)22-16(24)12-30-20(26)14-5-4-7-23(10-14)19(25)15-6-8-28-11-15/h6,8-9,11,14H,3-5,7,10,12H2,1-2H3,(H,22,24)/t14-/m1/s1. The number of carbonyl (C=O) groups excluding carboxylic acids is 4. The number of likely N-dealkylation sites (tertiary alicyclic amines) is 1. The second kappa shape index (κ2) is 10.3. The van der Waals surface area contributed by atoms with Crippen molar-refractivity contribution in [3.63, 3.8) is 0 Å². The third-order valence-electron chi connectivity index (χ3n) is 4.80. The molecule has 0 saturated carbocycles. The van der Waals surface area contributed by atoms with Crippen LogP contribution in [0.15, 0.2) is 29.1 Å². The molecular weight excluding hydrogens is 424 g/mol. The van der Waals surface area contributed by atoms with E-state index < -0.39 is 30.4 Å². The highest BCUT2D eigenvalue weighted by molar-refractivity contribution is 7.18. The first-order valence-corrected chi connectivity index (χ1v) is 10.8. The first-order chi connectivity index (χ1) is 14.9. The van der Waals surface area contributed by atoms with Crippen LogP contribution < -0.4 is 5.32 Å². The first-order valence-electron chi connectivity index (χ1n) is 9.94. The quantitative estimate of drug-likeness (QED) is 0.648. The Hall–Kier alpha value is -3.14. The van der Waals surface area contributed by atoms with Crippen molar-refractivity contribution in [3.05, 3.63) is 40.7 Å². The largest absolute Gasteiger partial charge is 0.472 e. The lowest BCUT2D eigenvalue weighted by Crippen LogP contribution is -2.43. The second-order valence-corrected chi connectivity index (χ2v) is 8.15. The van der Waals surface area contributed by atoms with Gasteiger partial charge in [0.1, 0.15) is 11.1 Å². The minimum absolute atomic E-state index is 0.200. The minimum atomic E-state index is -0.519. The highest BCUT2D eigenvalue weighted by Gasteiger charge is 2.30. The van der Waals surface area contributed by atoms with Crippen LogP contribution in [-0.2, 0) is 19.1 Å². The van der Waals surface area contributed by atoms with Crippen LogP contribution in [0.5, 0.6) is 0 Å². The summed E-state index contributed by atoms with van der Waals surface area (Å²) in [6.07, 6.45) is 4.05. The predicted molar refractivity (Wildman–Crippen MR) is 112 cm³/mol. The van der Waals surface area contributed by atoms with Gasteiger partial charge in [0, 0.05) is 13.1 Å². The summed E-state index contributed by atoms with van der Waals surface area (Å²) in [6, 6.07) is 3.24. The van der Waals surface area contributed by atoms with Crippen LogP contribution in [0.4, 0.5) is 5.00 Å². The van der Waals surface area contributed by atoms with Gasteiger partial charge in [-0.05, 0) is 44.4 Å². The van der Waals surface area contributed by atoms with Gasteiger partial charge in [0.15, 0.2) is 6.61 Å². The molecule has 0 bridgehead atoms. The number of anilines is 1. The summed E-state index contributed by atoms with van der Waals surface area (Å²) in [4.78, 5) is 50.9. The van der Waals surface area contributed by atoms with E-state index in [0.29, 0.717) is 40.4 Å². The van der Waals surface area contributed by atoms with Crippen molar-refractivity contribution < 1.29 is 33.1 Å². The minimum Gasteiger partial charge on any atom is -0.472 e. The molecule has 166 valence electrons. The van der Waals surface area contributed by atoms with Crippen LogP contribution >= 0.6 is 11.3 Å². The number of amides is 2. The normalized spacial score (nSPS) is 15.9. The number of nitrogens with one attached hydrogen (secondary N) is 1. The monoisotopic (exact) mass is 448 g/mol. The van der Waals surface area contributed by atoms with Gasteiger partial charge < -0.3 is 24.1 Å². The lowest BCUT2D eigenvalue weighted by atomic mass is 9.98. The molecule has 0 aromatic carbocycles. The average molecular weight is 448 g/mol. The number of piperidine rings is 1. The molecule has 3 heterocycles. The molecule has 1 saturated heterocycles. The number of furan rings is 1. The molecule has 0 aliphatic carbocycles. The highest BCUT2D eigenvalue weighted by Crippen LogP contribution is 2.27. The Kier molecular flexibility index (Phi) is 7.45. The van der Waals surface area contributed by atoms with Crippen LogP contribution in [0.1, 0.15) is 45.4 Å². The highest BCUT2D eigenvalue weighted by atomic mass is 32.1. The van der Waals surface area contributed by atoms with Crippen molar-refractivity contribution in [2.75, 3.05) is 31.6 Å². The number of rotatable bonds is 7. The van der Waals surface area contributed by atoms with Gasteiger partial charge in [0.2, 0.25) is 0 Å². The Morgan fingerprint density at radius 1 is 1.29 bits per heavy atom. The molecule has 31 heavy (non-hydrogen) atoms. The van der Waals surface area contributed by atoms with Gasteiger partial charge in [-0.3, -0.25) is 14.4 Å². The molecule has 1 fully saturated rings. The maximum Gasteiger partial charge on any atom is 0.348 e. The molecular formula is C21H24N2O7S. The fraction of sp³-hybridized carbons (Fsp3) is 0.429. The average Bonchev–Trinajstić information content (AvgIpc) is 3.41. The molecule has 2 aromatic rings. The third kappa shape index (κ3) is 5.72. The van der Waals surface area contributed by atoms with Gasteiger partial charge in [-0.15, -0.1) is 11.3 Å². The van der Waals surface area contributed by atoms with E-state index in [1.807, 2.05) is 0 Å². The molecule has 1 aliphatic rings. The van der Waals surface area contributed by atoms with Crippen molar-refractivity contribution >= 4 is 40.1 Å². The smallest absolute Gasteiger partial charge is 0.348 e. The van der Waals surface area contributed by atoms with Gasteiger partial charge >= 0.3 is 11.9 Å². The van der Waals surface area contributed by atoms with Gasteiger partial charge in [-0.25, -0.2) is 4.79 Å². The molecule has 0 spiro atoms. The Morgan fingerprint density at radius 2 is 2.10 bits per heavy atom.